The molecule has 0 saturated carbocycles. The molecule has 2 aromatic carbocycles. The van der Waals surface area contributed by atoms with Crippen LogP contribution in [0.4, 0.5) is 5.69 Å². The van der Waals surface area contributed by atoms with Gasteiger partial charge in [0.15, 0.2) is 6.61 Å². The van der Waals surface area contributed by atoms with Gasteiger partial charge >= 0.3 is 5.97 Å². The first-order chi connectivity index (χ1) is 14.3. The molecule has 2 aromatic rings. The van der Waals surface area contributed by atoms with Crippen LogP contribution in [-0.2, 0) is 32.0 Å². The number of amides is 2. The number of benzene rings is 2. The number of esters is 1. The van der Waals surface area contributed by atoms with Crippen molar-refractivity contribution in [2.75, 3.05) is 11.9 Å². The van der Waals surface area contributed by atoms with Crippen molar-refractivity contribution in [3.05, 3.63) is 65.2 Å². The van der Waals surface area contributed by atoms with Gasteiger partial charge in [-0.3, -0.25) is 14.4 Å². The average Bonchev–Trinajstić information content (AvgIpc) is 2.71. The smallest absolute Gasteiger partial charge is 0.310 e. The van der Waals surface area contributed by atoms with Crippen LogP contribution in [0.25, 0.3) is 0 Å². The minimum atomic E-state index is -0.481. The van der Waals surface area contributed by atoms with Crippen molar-refractivity contribution < 1.29 is 19.1 Å². The maximum absolute atomic E-state index is 12.3. The molecule has 2 rings (SSSR count). The molecule has 0 bridgehead atoms. The van der Waals surface area contributed by atoms with Gasteiger partial charge in [-0.05, 0) is 41.2 Å². The van der Waals surface area contributed by atoms with Crippen LogP contribution >= 0.6 is 0 Å². The molecule has 0 aliphatic carbocycles. The number of aryl methyl sites for hydroxylation is 1. The summed E-state index contributed by atoms with van der Waals surface area (Å²) in [4.78, 5) is 35.4. The van der Waals surface area contributed by atoms with Gasteiger partial charge < -0.3 is 15.4 Å². The molecule has 0 aromatic heterocycles. The van der Waals surface area contributed by atoms with E-state index in [1.54, 1.807) is 24.3 Å². The number of nitrogens with one attached hydrogen (secondary N) is 2. The molecule has 160 valence electrons. The van der Waals surface area contributed by atoms with Gasteiger partial charge in [0.1, 0.15) is 0 Å². The topological polar surface area (TPSA) is 84.5 Å². The SMILES string of the molecule is CCc1ccc([C@@H](NC(=O)COC(=O)Cc2ccc(NC(C)=O)cc2)C(C)C)cc1. The van der Waals surface area contributed by atoms with Crippen LogP contribution in [0.2, 0.25) is 0 Å². The van der Waals surface area contributed by atoms with Crippen LogP contribution in [0, 0.1) is 5.92 Å². The van der Waals surface area contributed by atoms with Crippen LogP contribution in [0.15, 0.2) is 48.5 Å². The fourth-order valence-corrected chi connectivity index (χ4v) is 3.08. The highest BCUT2D eigenvalue weighted by molar-refractivity contribution is 5.88. The Kier molecular flexibility index (Phi) is 8.59. The first kappa shape index (κ1) is 23.1. The molecule has 0 spiro atoms. The Hall–Kier alpha value is -3.15. The zero-order valence-corrected chi connectivity index (χ0v) is 18.0. The molecule has 0 fully saturated rings. The second-order valence-corrected chi connectivity index (χ2v) is 7.60. The van der Waals surface area contributed by atoms with Crippen LogP contribution in [-0.4, -0.2) is 24.4 Å². The number of carbonyl (C=O) groups is 3. The minimum absolute atomic E-state index is 0.0553. The van der Waals surface area contributed by atoms with E-state index < -0.39 is 5.97 Å². The number of ether oxygens (including phenoxy) is 1. The van der Waals surface area contributed by atoms with Gasteiger partial charge in [0.2, 0.25) is 5.91 Å². The van der Waals surface area contributed by atoms with E-state index in [1.165, 1.54) is 12.5 Å². The second kappa shape index (κ2) is 11.1. The molecule has 0 saturated heterocycles. The molecule has 1 atom stereocenters. The summed E-state index contributed by atoms with van der Waals surface area (Å²) < 4.78 is 5.13. The summed E-state index contributed by atoms with van der Waals surface area (Å²) in [5, 5.41) is 5.62. The molecule has 0 heterocycles. The molecule has 6 heteroatoms. The highest BCUT2D eigenvalue weighted by Gasteiger charge is 2.19. The third-order valence-corrected chi connectivity index (χ3v) is 4.72. The first-order valence-electron chi connectivity index (χ1n) is 10.2. The Morgan fingerprint density at radius 1 is 0.933 bits per heavy atom. The Balaban J connectivity index is 1.85. The number of carbonyl (C=O) groups excluding carboxylic acids is 3. The maximum atomic E-state index is 12.3. The summed E-state index contributed by atoms with van der Waals surface area (Å²) >= 11 is 0. The van der Waals surface area contributed by atoms with Gasteiger partial charge in [-0.15, -0.1) is 0 Å². The molecule has 0 aliphatic heterocycles. The maximum Gasteiger partial charge on any atom is 0.310 e. The summed E-state index contributed by atoms with van der Waals surface area (Å²) in [6, 6.07) is 14.9. The molecule has 0 aliphatic rings. The highest BCUT2D eigenvalue weighted by atomic mass is 16.5. The fraction of sp³-hybridized carbons (Fsp3) is 0.375. The molecule has 0 radical (unpaired) electrons. The molecular weight excluding hydrogens is 380 g/mol. The van der Waals surface area contributed by atoms with Gasteiger partial charge in [-0.1, -0.05) is 57.2 Å². The lowest BCUT2D eigenvalue weighted by Gasteiger charge is -2.23. The quantitative estimate of drug-likeness (QED) is 0.616. The molecule has 0 unspecified atom stereocenters. The van der Waals surface area contributed by atoms with E-state index in [9.17, 15) is 14.4 Å². The molecular formula is C24H30N2O4. The Morgan fingerprint density at radius 3 is 2.07 bits per heavy atom. The highest BCUT2D eigenvalue weighted by Crippen LogP contribution is 2.22. The molecule has 30 heavy (non-hydrogen) atoms. The van der Waals surface area contributed by atoms with Gasteiger partial charge in [-0.25, -0.2) is 0 Å². The second-order valence-electron chi connectivity index (χ2n) is 7.60. The predicted molar refractivity (Wildman–Crippen MR) is 117 cm³/mol. The van der Waals surface area contributed by atoms with Crippen molar-refractivity contribution in [3.63, 3.8) is 0 Å². The van der Waals surface area contributed by atoms with Crippen LogP contribution in [0.3, 0.4) is 0 Å². The van der Waals surface area contributed by atoms with Gasteiger partial charge in [0.25, 0.3) is 5.91 Å². The number of hydrogen-bond donors (Lipinski definition) is 2. The van der Waals surface area contributed by atoms with Crippen molar-refractivity contribution in [2.45, 2.75) is 46.6 Å². The lowest BCUT2D eigenvalue weighted by atomic mass is 9.95. The van der Waals surface area contributed by atoms with Crippen molar-refractivity contribution in [1.29, 1.82) is 0 Å². The summed E-state index contributed by atoms with van der Waals surface area (Å²) in [6.45, 7) is 7.28. The van der Waals surface area contributed by atoms with E-state index in [-0.39, 0.29) is 36.8 Å². The predicted octanol–water partition coefficient (Wildman–Crippen LogP) is 3.81. The average molecular weight is 411 g/mol. The Bertz CT molecular complexity index is 858. The summed E-state index contributed by atoms with van der Waals surface area (Å²) in [6.07, 6.45) is 1.02. The van der Waals surface area contributed by atoms with E-state index in [0.29, 0.717) is 5.69 Å². The lowest BCUT2D eigenvalue weighted by molar-refractivity contribution is -0.148. The molecule has 6 nitrogen and oxygen atoms in total. The first-order valence-corrected chi connectivity index (χ1v) is 10.2. The largest absolute Gasteiger partial charge is 0.455 e. The van der Waals surface area contributed by atoms with Crippen molar-refractivity contribution >= 4 is 23.5 Å². The Morgan fingerprint density at radius 2 is 1.53 bits per heavy atom. The summed E-state index contributed by atoms with van der Waals surface area (Å²) in [7, 11) is 0. The summed E-state index contributed by atoms with van der Waals surface area (Å²) in [5.74, 6) is -0.776. The molecule has 2 N–H and O–H groups in total. The minimum Gasteiger partial charge on any atom is -0.455 e. The van der Waals surface area contributed by atoms with Crippen LogP contribution in [0.1, 0.15) is 50.4 Å². The van der Waals surface area contributed by atoms with E-state index in [2.05, 4.69) is 29.7 Å². The number of anilines is 1. The van der Waals surface area contributed by atoms with Crippen molar-refractivity contribution in [1.82, 2.24) is 5.32 Å². The van der Waals surface area contributed by atoms with E-state index >= 15 is 0 Å². The zero-order chi connectivity index (χ0) is 22.1. The van der Waals surface area contributed by atoms with Gasteiger partial charge in [0.05, 0.1) is 12.5 Å². The van der Waals surface area contributed by atoms with Gasteiger partial charge in [-0.2, -0.15) is 0 Å². The van der Waals surface area contributed by atoms with Gasteiger partial charge in [0, 0.05) is 12.6 Å². The Labute approximate surface area is 178 Å². The zero-order valence-electron chi connectivity index (χ0n) is 18.0. The number of hydrogen-bond acceptors (Lipinski definition) is 4. The van der Waals surface area contributed by atoms with Crippen molar-refractivity contribution in [3.8, 4) is 0 Å². The standard InChI is InChI=1S/C24H30N2O4/c1-5-18-6-10-20(11-7-18)24(16(2)3)26-22(28)15-30-23(29)14-19-8-12-21(13-9-19)25-17(4)27/h6-13,16,24H,5,14-15H2,1-4H3,(H,25,27)(H,26,28)/t24-/m0/s1. The lowest BCUT2D eigenvalue weighted by Crippen LogP contribution is -2.35. The fourth-order valence-electron chi connectivity index (χ4n) is 3.08. The van der Waals surface area contributed by atoms with Crippen LogP contribution in [0.5, 0.6) is 0 Å². The van der Waals surface area contributed by atoms with E-state index in [4.69, 9.17) is 4.74 Å². The molecule has 2 amide bonds. The third kappa shape index (κ3) is 7.35. The van der Waals surface area contributed by atoms with Crippen LogP contribution < -0.4 is 10.6 Å². The summed E-state index contributed by atoms with van der Waals surface area (Å²) in [5.41, 5.74) is 3.67. The third-order valence-electron chi connectivity index (χ3n) is 4.72. The normalized spacial score (nSPS) is 11.6. The van der Waals surface area contributed by atoms with E-state index in [1.807, 2.05) is 26.0 Å². The van der Waals surface area contributed by atoms with Crippen molar-refractivity contribution in [2.24, 2.45) is 5.92 Å². The van der Waals surface area contributed by atoms with E-state index in [0.717, 1.165) is 17.5 Å². The number of rotatable bonds is 9. The monoisotopic (exact) mass is 410 g/mol.